The number of carbonyl (C=O) groups excluding carboxylic acids is 1. The lowest BCUT2D eigenvalue weighted by molar-refractivity contribution is -0.384. The summed E-state index contributed by atoms with van der Waals surface area (Å²) in [5.41, 5.74) is 1.21. The molecule has 0 bridgehead atoms. The lowest BCUT2D eigenvalue weighted by Gasteiger charge is -2.09. The van der Waals surface area contributed by atoms with E-state index in [1.165, 1.54) is 30.3 Å². The van der Waals surface area contributed by atoms with E-state index in [0.717, 1.165) is 0 Å². The maximum atomic E-state index is 12.2. The Bertz CT molecular complexity index is 731. The van der Waals surface area contributed by atoms with Crippen LogP contribution in [0.4, 0.5) is 11.4 Å². The molecule has 2 aromatic rings. The van der Waals surface area contributed by atoms with Crippen molar-refractivity contribution in [1.29, 1.82) is 0 Å². The van der Waals surface area contributed by atoms with Gasteiger partial charge in [-0.05, 0) is 52.7 Å². The van der Waals surface area contributed by atoms with Crippen LogP contribution in [0.2, 0.25) is 0 Å². The van der Waals surface area contributed by atoms with E-state index in [1.807, 2.05) is 0 Å². The van der Waals surface area contributed by atoms with Gasteiger partial charge in [0.25, 0.3) is 11.6 Å². The smallest absolute Gasteiger partial charge is 0.270 e. The Morgan fingerprint density at radius 1 is 1.29 bits per heavy atom. The highest BCUT2D eigenvalue weighted by molar-refractivity contribution is 9.10. The van der Waals surface area contributed by atoms with Crippen molar-refractivity contribution >= 4 is 33.2 Å². The van der Waals surface area contributed by atoms with Crippen LogP contribution in [0, 0.1) is 17.0 Å². The highest BCUT2D eigenvalue weighted by Gasteiger charge is 2.16. The first-order chi connectivity index (χ1) is 9.88. The number of nitrogens with one attached hydrogen (secondary N) is 1. The zero-order chi connectivity index (χ0) is 15.6. The van der Waals surface area contributed by atoms with Crippen LogP contribution in [0.15, 0.2) is 40.9 Å². The summed E-state index contributed by atoms with van der Waals surface area (Å²) < 4.78 is 0.460. The number of halogens is 1. The second-order valence-electron chi connectivity index (χ2n) is 4.37. The number of phenols is 1. The maximum Gasteiger partial charge on any atom is 0.270 e. The Labute approximate surface area is 128 Å². The quantitative estimate of drug-likeness (QED) is 0.502. The molecule has 0 saturated carbocycles. The minimum atomic E-state index is -0.560. The van der Waals surface area contributed by atoms with E-state index in [2.05, 4.69) is 21.2 Å². The Kier molecular flexibility index (Phi) is 4.23. The summed E-state index contributed by atoms with van der Waals surface area (Å²) in [7, 11) is 0. The first-order valence-electron chi connectivity index (χ1n) is 5.93. The van der Waals surface area contributed by atoms with Gasteiger partial charge in [-0.25, -0.2) is 0 Å². The summed E-state index contributed by atoms with van der Waals surface area (Å²) in [4.78, 5) is 22.4. The molecule has 2 rings (SSSR count). The van der Waals surface area contributed by atoms with Crippen molar-refractivity contribution in [2.24, 2.45) is 0 Å². The van der Waals surface area contributed by atoms with Crippen LogP contribution >= 0.6 is 15.9 Å². The summed E-state index contributed by atoms with van der Waals surface area (Å²) >= 11 is 3.20. The number of phenolic OH excluding ortho intramolecular Hbond substituents is 1. The van der Waals surface area contributed by atoms with Gasteiger partial charge in [0.2, 0.25) is 0 Å². The van der Waals surface area contributed by atoms with Crippen LogP contribution in [-0.4, -0.2) is 15.9 Å². The van der Waals surface area contributed by atoms with Gasteiger partial charge in [0.1, 0.15) is 5.75 Å². The van der Waals surface area contributed by atoms with E-state index in [4.69, 9.17) is 0 Å². The summed E-state index contributed by atoms with van der Waals surface area (Å²) in [5, 5.41) is 22.8. The van der Waals surface area contributed by atoms with Crippen molar-refractivity contribution < 1.29 is 14.8 Å². The molecule has 0 aliphatic carbocycles. The van der Waals surface area contributed by atoms with Crippen molar-refractivity contribution in [2.45, 2.75) is 6.92 Å². The fourth-order valence-corrected chi connectivity index (χ4v) is 2.21. The molecule has 2 aromatic carbocycles. The monoisotopic (exact) mass is 350 g/mol. The number of hydrogen-bond acceptors (Lipinski definition) is 4. The number of anilines is 1. The molecule has 0 radical (unpaired) electrons. The molecule has 6 nitrogen and oxygen atoms in total. The molecule has 0 aromatic heterocycles. The van der Waals surface area contributed by atoms with Gasteiger partial charge in [-0.1, -0.05) is 0 Å². The summed E-state index contributed by atoms with van der Waals surface area (Å²) in [6.07, 6.45) is 0. The van der Waals surface area contributed by atoms with Gasteiger partial charge in [0.15, 0.2) is 0 Å². The fraction of sp³-hybridized carbons (Fsp3) is 0.0714. The zero-order valence-electron chi connectivity index (χ0n) is 11.0. The summed E-state index contributed by atoms with van der Waals surface area (Å²) in [6.45, 7) is 1.73. The van der Waals surface area contributed by atoms with Crippen molar-refractivity contribution in [1.82, 2.24) is 0 Å². The van der Waals surface area contributed by atoms with E-state index in [1.54, 1.807) is 13.0 Å². The average molecular weight is 351 g/mol. The lowest BCUT2D eigenvalue weighted by Crippen LogP contribution is -2.13. The predicted octanol–water partition coefficient (Wildman–Crippen LogP) is 3.62. The van der Waals surface area contributed by atoms with Gasteiger partial charge in [-0.2, -0.15) is 0 Å². The zero-order valence-corrected chi connectivity index (χ0v) is 12.5. The molecule has 0 aliphatic rings. The first kappa shape index (κ1) is 15.0. The van der Waals surface area contributed by atoms with Crippen molar-refractivity contribution in [3.05, 3.63) is 62.1 Å². The van der Waals surface area contributed by atoms with E-state index in [0.29, 0.717) is 15.7 Å². The molecule has 0 unspecified atom stereocenters. The number of nitro benzene ring substituents is 1. The number of amides is 1. The maximum absolute atomic E-state index is 12.2. The molecule has 108 valence electrons. The Morgan fingerprint density at radius 3 is 2.62 bits per heavy atom. The van der Waals surface area contributed by atoms with Crippen molar-refractivity contribution in [3.8, 4) is 5.75 Å². The molecule has 7 heteroatoms. The van der Waals surface area contributed by atoms with Crippen molar-refractivity contribution in [3.63, 3.8) is 0 Å². The Hall–Kier alpha value is -2.41. The van der Waals surface area contributed by atoms with E-state index in [9.17, 15) is 20.0 Å². The third-order valence-electron chi connectivity index (χ3n) is 2.86. The minimum absolute atomic E-state index is 0.0991. The van der Waals surface area contributed by atoms with Crippen LogP contribution in [0.25, 0.3) is 0 Å². The first-order valence-corrected chi connectivity index (χ1v) is 6.72. The Balaban J connectivity index is 2.32. The SMILES string of the molecule is Cc1cc(O)ccc1NC(=O)c1cc([N+](=O)[O-])ccc1Br. The van der Waals surface area contributed by atoms with Crippen LogP contribution < -0.4 is 5.32 Å². The number of benzene rings is 2. The van der Waals surface area contributed by atoms with Crippen LogP contribution in [0.5, 0.6) is 5.75 Å². The molecule has 0 heterocycles. The number of aryl methyl sites for hydroxylation is 1. The number of aromatic hydroxyl groups is 1. The van der Waals surface area contributed by atoms with Gasteiger partial charge in [-0.3, -0.25) is 14.9 Å². The van der Waals surface area contributed by atoms with E-state index in [-0.39, 0.29) is 17.0 Å². The number of rotatable bonds is 3. The molecule has 2 N–H and O–H groups in total. The van der Waals surface area contributed by atoms with Crippen LogP contribution in [0.3, 0.4) is 0 Å². The van der Waals surface area contributed by atoms with Crippen LogP contribution in [-0.2, 0) is 0 Å². The molecule has 0 atom stereocenters. The van der Waals surface area contributed by atoms with Gasteiger partial charge in [-0.15, -0.1) is 0 Å². The molecule has 0 aliphatic heterocycles. The molecule has 1 amide bonds. The summed E-state index contributed by atoms with van der Waals surface area (Å²) in [6, 6.07) is 8.50. The van der Waals surface area contributed by atoms with Crippen LogP contribution in [0.1, 0.15) is 15.9 Å². The lowest BCUT2D eigenvalue weighted by atomic mass is 10.1. The molecular formula is C14H11BrN2O4. The normalized spacial score (nSPS) is 10.2. The highest BCUT2D eigenvalue weighted by Crippen LogP contribution is 2.25. The Morgan fingerprint density at radius 2 is 2.00 bits per heavy atom. The largest absolute Gasteiger partial charge is 0.508 e. The molecule has 21 heavy (non-hydrogen) atoms. The minimum Gasteiger partial charge on any atom is -0.508 e. The standard InChI is InChI=1S/C14H11BrN2O4/c1-8-6-10(18)3-5-13(8)16-14(19)11-7-9(17(20)21)2-4-12(11)15/h2-7,18H,1H3,(H,16,19). The molecule has 0 saturated heterocycles. The number of non-ortho nitro benzene ring substituents is 1. The second kappa shape index (κ2) is 5.92. The highest BCUT2D eigenvalue weighted by atomic mass is 79.9. The van der Waals surface area contributed by atoms with Gasteiger partial charge < -0.3 is 10.4 Å². The summed E-state index contributed by atoms with van der Waals surface area (Å²) in [5.74, 6) is -0.374. The van der Waals surface area contributed by atoms with Gasteiger partial charge in [0, 0.05) is 22.3 Å². The van der Waals surface area contributed by atoms with Crippen molar-refractivity contribution in [2.75, 3.05) is 5.32 Å². The number of nitro groups is 1. The molecule has 0 fully saturated rings. The van der Waals surface area contributed by atoms with E-state index < -0.39 is 10.8 Å². The molecule has 0 spiro atoms. The topological polar surface area (TPSA) is 92.5 Å². The van der Waals surface area contributed by atoms with E-state index >= 15 is 0 Å². The fourth-order valence-electron chi connectivity index (χ4n) is 1.78. The van der Waals surface area contributed by atoms with Gasteiger partial charge in [0.05, 0.1) is 10.5 Å². The third-order valence-corrected chi connectivity index (χ3v) is 3.56. The van der Waals surface area contributed by atoms with Gasteiger partial charge >= 0.3 is 0 Å². The predicted molar refractivity (Wildman–Crippen MR) is 81.6 cm³/mol. The molecular weight excluding hydrogens is 340 g/mol. The number of hydrogen-bond donors (Lipinski definition) is 2. The average Bonchev–Trinajstić information content (AvgIpc) is 2.42. The second-order valence-corrected chi connectivity index (χ2v) is 5.23. The number of nitrogens with zero attached hydrogens (tertiary/aromatic N) is 1. The number of carbonyl (C=O) groups is 1. The third kappa shape index (κ3) is 3.38.